The number of aromatic nitrogens is 1. The molecule has 2 aromatic heterocycles. The van der Waals surface area contributed by atoms with Crippen LogP contribution in [0.1, 0.15) is 5.76 Å². The zero-order valence-electron chi connectivity index (χ0n) is 11.2. The second-order valence-corrected chi connectivity index (χ2v) is 5.07. The molecule has 8 heteroatoms. The molecule has 0 aliphatic heterocycles. The Morgan fingerprint density at radius 1 is 1.27 bits per heavy atom. The first kappa shape index (κ1) is 14.0. The maximum atomic E-state index is 10.5. The molecule has 0 spiro atoms. The number of rotatable bonds is 5. The van der Waals surface area contributed by atoms with E-state index < -0.39 is 4.92 Å². The molecule has 1 aromatic carbocycles. The van der Waals surface area contributed by atoms with Crippen molar-refractivity contribution in [2.45, 2.75) is 0 Å². The average molecular weight is 314 g/mol. The summed E-state index contributed by atoms with van der Waals surface area (Å²) >= 11 is 1.41. The van der Waals surface area contributed by atoms with Gasteiger partial charge in [0.1, 0.15) is 4.92 Å². The Balaban J connectivity index is 1.65. The van der Waals surface area contributed by atoms with Crippen LogP contribution in [0.3, 0.4) is 0 Å². The summed E-state index contributed by atoms with van der Waals surface area (Å²) in [7, 11) is 0. The fraction of sp³-hybridized carbons (Fsp3) is 0. The molecule has 0 radical (unpaired) electrons. The first-order chi connectivity index (χ1) is 10.7. The van der Waals surface area contributed by atoms with Crippen LogP contribution in [-0.2, 0) is 0 Å². The first-order valence-corrected chi connectivity index (χ1v) is 7.14. The maximum Gasteiger partial charge on any atom is 0.433 e. The number of benzene rings is 1. The van der Waals surface area contributed by atoms with Gasteiger partial charge in [-0.2, -0.15) is 5.10 Å². The lowest BCUT2D eigenvalue weighted by Crippen LogP contribution is -1.89. The monoisotopic (exact) mass is 314 g/mol. The topological polar surface area (TPSA) is 93.6 Å². The fourth-order valence-electron chi connectivity index (χ4n) is 1.73. The Kier molecular flexibility index (Phi) is 3.92. The number of thiazole rings is 1. The van der Waals surface area contributed by atoms with Crippen LogP contribution in [-0.4, -0.2) is 16.1 Å². The van der Waals surface area contributed by atoms with Crippen LogP contribution < -0.4 is 5.43 Å². The Hall–Kier alpha value is -3.00. The Labute approximate surface area is 129 Å². The van der Waals surface area contributed by atoms with Gasteiger partial charge in [0, 0.05) is 10.9 Å². The minimum atomic E-state index is -0.599. The summed E-state index contributed by atoms with van der Waals surface area (Å²) in [5.41, 5.74) is 4.65. The van der Waals surface area contributed by atoms with Crippen molar-refractivity contribution in [2.75, 3.05) is 5.43 Å². The van der Waals surface area contributed by atoms with Gasteiger partial charge >= 0.3 is 5.88 Å². The summed E-state index contributed by atoms with van der Waals surface area (Å²) in [5, 5.41) is 17.0. The quantitative estimate of drug-likeness (QED) is 0.439. The SMILES string of the molecule is O=[N+]([O-])c1ccc(/C=N\Nc2nc(-c3ccccc3)cs2)o1. The van der Waals surface area contributed by atoms with Gasteiger partial charge in [0.2, 0.25) is 5.13 Å². The van der Waals surface area contributed by atoms with Gasteiger partial charge in [-0.05, 0) is 6.07 Å². The van der Waals surface area contributed by atoms with E-state index in [-0.39, 0.29) is 5.88 Å². The number of hydrazone groups is 1. The molecule has 0 unspecified atom stereocenters. The van der Waals surface area contributed by atoms with E-state index in [0.717, 1.165) is 11.3 Å². The molecule has 0 amide bonds. The summed E-state index contributed by atoms with van der Waals surface area (Å²) in [6.07, 6.45) is 1.36. The highest BCUT2D eigenvalue weighted by molar-refractivity contribution is 7.14. The van der Waals surface area contributed by atoms with E-state index in [0.29, 0.717) is 10.9 Å². The molecular weight excluding hydrogens is 304 g/mol. The molecule has 0 bridgehead atoms. The molecule has 0 aliphatic carbocycles. The molecule has 3 aromatic rings. The van der Waals surface area contributed by atoms with Gasteiger partial charge in [-0.1, -0.05) is 30.3 Å². The van der Waals surface area contributed by atoms with Gasteiger partial charge in [0.25, 0.3) is 0 Å². The maximum absolute atomic E-state index is 10.5. The molecule has 3 rings (SSSR count). The molecule has 0 saturated carbocycles. The molecular formula is C14H10N4O3S. The molecule has 0 fully saturated rings. The Morgan fingerprint density at radius 2 is 2.09 bits per heavy atom. The summed E-state index contributed by atoms with van der Waals surface area (Å²) < 4.78 is 4.95. The van der Waals surface area contributed by atoms with Crippen LogP contribution in [0.2, 0.25) is 0 Å². The van der Waals surface area contributed by atoms with Crippen LogP contribution in [0.5, 0.6) is 0 Å². The Bertz CT molecular complexity index is 810. The highest BCUT2D eigenvalue weighted by atomic mass is 32.1. The highest BCUT2D eigenvalue weighted by Crippen LogP contribution is 2.24. The summed E-state index contributed by atoms with van der Waals surface area (Å²) in [6.45, 7) is 0. The standard InChI is InChI=1S/C14H10N4O3S/c19-18(20)13-7-6-11(21-13)8-15-17-14-16-12(9-22-14)10-4-2-1-3-5-10/h1-9H,(H,16,17)/b15-8-. The number of anilines is 1. The molecule has 0 saturated heterocycles. The van der Waals surface area contributed by atoms with Crippen molar-refractivity contribution in [3.05, 3.63) is 63.7 Å². The number of nitrogens with one attached hydrogen (secondary N) is 1. The van der Waals surface area contributed by atoms with E-state index in [2.05, 4.69) is 15.5 Å². The van der Waals surface area contributed by atoms with E-state index in [9.17, 15) is 10.1 Å². The molecule has 110 valence electrons. The van der Waals surface area contributed by atoms with Gasteiger partial charge < -0.3 is 4.42 Å². The molecule has 0 atom stereocenters. The number of nitrogens with zero attached hydrogens (tertiary/aromatic N) is 3. The molecule has 22 heavy (non-hydrogen) atoms. The average Bonchev–Trinajstić information content (AvgIpc) is 3.18. The van der Waals surface area contributed by atoms with E-state index in [4.69, 9.17) is 4.42 Å². The van der Waals surface area contributed by atoms with Crippen molar-refractivity contribution in [1.29, 1.82) is 0 Å². The zero-order valence-corrected chi connectivity index (χ0v) is 12.0. The summed E-state index contributed by atoms with van der Waals surface area (Å²) in [6, 6.07) is 12.5. The lowest BCUT2D eigenvalue weighted by atomic mass is 10.2. The predicted molar refractivity (Wildman–Crippen MR) is 84.1 cm³/mol. The third kappa shape index (κ3) is 3.18. The van der Waals surface area contributed by atoms with Crippen molar-refractivity contribution in [3.63, 3.8) is 0 Å². The van der Waals surface area contributed by atoms with Gasteiger partial charge in [0.15, 0.2) is 5.76 Å². The normalized spacial score (nSPS) is 10.9. The third-order valence-electron chi connectivity index (χ3n) is 2.72. The van der Waals surface area contributed by atoms with Crippen LogP contribution in [0.4, 0.5) is 11.0 Å². The number of hydrogen-bond acceptors (Lipinski definition) is 7. The lowest BCUT2D eigenvalue weighted by Gasteiger charge is -1.94. The number of hydrogen-bond donors (Lipinski definition) is 1. The van der Waals surface area contributed by atoms with Crippen molar-refractivity contribution in [3.8, 4) is 11.3 Å². The van der Waals surface area contributed by atoms with E-state index in [1.54, 1.807) is 0 Å². The molecule has 0 aliphatic rings. The van der Waals surface area contributed by atoms with Crippen molar-refractivity contribution in [2.24, 2.45) is 5.10 Å². The van der Waals surface area contributed by atoms with Gasteiger partial charge in [-0.25, -0.2) is 4.98 Å². The minimum Gasteiger partial charge on any atom is -0.400 e. The second-order valence-electron chi connectivity index (χ2n) is 4.21. The fourth-order valence-corrected chi connectivity index (χ4v) is 2.40. The van der Waals surface area contributed by atoms with E-state index >= 15 is 0 Å². The molecule has 2 heterocycles. The van der Waals surface area contributed by atoms with Gasteiger partial charge in [-0.15, -0.1) is 11.3 Å². The predicted octanol–water partition coefficient (Wildman–Crippen LogP) is 3.76. The van der Waals surface area contributed by atoms with Crippen LogP contribution in [0.15, 0.2) is 57.4 Å². The third-order valence-corrected chi connectivity index (χ3v) is 3.47. The Morgan fingerprint density at radius 3 is 2.82 bits per heavy atom. The smallest absolute Gasteiger partial charge is 0.400 e. The van der Waals surface area contributed by atoms with Crippen LogP contribution in [0.25, 0.3) is 11.3 Å². The largest absolute Gasteiger partial charge is 0.433 e. The van der Waals surface area contributed by atoms with Crippen LogP contribution >= 0.6 is 11.3 Å². The van der Waals surface area contributed by atoms with E-state index in [1.807, 2.05) is 35.7 Å². The summed E-state index contributed by atoms with van der Waals surface area (Å²) in [5.74, 6) is -0.0268. The molecule has 7 nitrogen and oxygen atoms in total. The lowest BCUT2D eigenvalue weighted by molar-refractivity contribution is -0.402. The van der Waals surface area contributed by atoms with Crippen molar-refractivity contribution in [1.82, 2.24) is 4.98 Å². The van der Waals surface area contributed by atoms with Crippen LogP contribution in [0, 0.1) is 10.1 Å². The minimum absolute atomic E-state index is 0.291. The van der Waals surface area contributed by atoms with Crippen molar-refractivity contribution < 1.29 is 9.34 Å². The second kappa shape index (κ2) is 6.19. The number of nitro groups is 1. The van der Waals surface area contributed by atoms with Gasteiger partial charge in [-0.3, -0.25) is 15.5 Å². The van der Waals surface area contributed by atoms with Crippen molar-refractivity contribution >= 4 is 28.6 Å². The molecule has 1 N–H and O–H groups in total. The summed E-state index contributed by atoms with van der Waals surface area (Å²) in [4.78, 5) is 14.3. The first-order valence-electron chi connectivity index (χ1n) is 6.26. The highest BCUT2D eigenvalue weighted by Gasteiger charge is 2.10. The zero-order chi connectivity index (χ0) is 15.4. The van der Waals surface area contributed by atoms with Gasteiger partial charge in [0.05, 0.1) is 18.0 Å². The van der Waals surface area contributed by atoms with E-state index in [1.165, 1.54) is 29.7 Å². The number of furan rings is 1.